The van der Waals surface area contributed by atoms with Crippen LogP contribution in [-0.4, -0.2) is 28.2 Å². The Morgan fingerprint density at radius 2 is 1.89 bits per heavy atom. The maximum absolute atomic E-state index is 11.8. The highest BCUT2D eigenvalue weighted by Gasteiger charge is 2.08. The van der Waals surface area contributed by atoms with Crippen molar-refractivity contribution >= 4 is 16.7 Å². The molecule has 1 rings (SSSR count). The normalized spacial score (nSPS) is 13.8. The molecule has 0 aliphatic heterocycles. The number of nitrogens with two attached hydrogens (primary N) is 1. The van der Waals surface area contributed by atoms with E-state index < -0.39 is 10.8 Å². The molecule has 4 nitrogen and oxygen atoms in total. The largest absolute Gasteiger partial charge is 0.353 e. The van der Waals surface area contributed by atoms with Gasteiger partial charge in [0.2, 0.25) is 5.91 Å². The van der Waals surface area contributed by atoms with Gasteiger partial charge in [-0.3, -0.25) is 9.00 Å². The highest BCUT2D eigenvalue weighted by atomic mass is 32.2. The molecular weight excluding hydrogens is 260 g/mol. The van der Waals surface area contributed by atoms with Crippen molar-refractivity contribution in [1.29, 1.82) is 0 Å². The average Bonchev–Trinajstić information content (AvgIpc) is 2.37. The van der Waals surface area contributed by atoms with Gasteiger partial charge >= 0.3 is 0 Å². The van der Waals surface area contributed by atoms with Crippen LogP contribution in [-0.2, 0) is 28.6 Å². The van der Waals surface area contributed by atoms with Gasteiger partial charge < -0.3 is 11.1 Å². The smallest absolute Gasteiger partial charge is 0.224 e. The van der Waals surface area contributed by atoms with Crippen molar-refractivity contribution in [1.82, 2.24) is 5.32 Å². The molecule has 3 N–H and O–H groups in total. The van der Waals surface area contributed by atoms with Crippen LogP contribution in [0.5, 0.6) is 0 Å². The van der Waals surface area contributed by atoms with E-state index in [9.17, 15) is 9.00 Å². The molecule has 1 aromatic carbocycles. The summed E-state index contributed by atoms with van der Waals surface area (Å²) in [6, 6.07) is 7.78. The molecular formula is C14H22N2O2S. The maximum Gasteiger partial charge on any atom is 0.224 e. The molecule has 0 aliphatic carbocycles. The van der Waals surface area contributed by atoms with Crippen molar-refractivity contribution < 1.29 is 9.00 Å². The summed E-state index contributed by atoms with van der Waals surface area (Å²) < 4.78 is 11.0. The summed E-state index contributed by atoms with van der Waals surface area (Å²) in [5, 5.41) is 2.91. The molecule has 0 fully saturated rings. The summed E-state index contributed by atoms with van der Waals surface area (Å²) >= 11 is 0. The second kappa shape index (κ2) is 8.07. The fourth-order valence-electron chi connectivity index (χ4n) is 1.72. The van der Waals surface area contributed by atoms with E-state index in [2.05, 4.69) is 5.32 Å². The Morgan fingerprint density at radius 3 is 2.42 bits per heavy atom. The molecule has 19 heavy (non-hydrogen) atoms. The van der Waals surface area contributed by atoms with Crippen LogP contribution >= 0.6 is 0 Å². The van der Waals surface area contributed by atoms with E-state index >= 15 is 0 Å². The van der Waals surface area contributed by atoms with Crippen molar-refractivity contribution in [2.24, 2.45) is 5.73 Å². The molecule has 0 aliphatic rings. The molecule has 0 saturated heterocycles. The van der Waals surface area contributed by atoms with Gasteiger partial charge in [-0.25, -0.2) is 0 Å². The van der Waals surface area contributed by atoms with Gasteiger partial charge in [-0.15, -0.1) is 0 Å². The van der Waals surface area contributed by atoms with E-state index in [1.54, 1.807) is 6.26 Å². The summed E-state index contributed by atoms with van der Waals surface area (Å²) in [4.78, 5) is 11.8. The lowest BCUT2D eigenvalue weighted by Crippen LogP contribution is -2.34. The lowest BCUT2D eigenvalue weighted by atomic mass is 10.1. The van der Waals surface area contributed by atoms with Crippen LogP contribution in [0.3, 0.4) is 0 Å². The number of benzene rings is 1. The number of hydrogen-bond acceptors (Lipinski definition) is 3. The molecule has 0 saturated carbocycles. The van der Waals surface area contributed by atoms with Gasteiger partial charge in [-0.1, -0.05) is 24.3 Å². The molecule has 106 valence electrons. The maximum atomic E-state index is 11.8. The molecule has 2 atom stereocenters. The third-order valence-electron chi connectivity index (χ3n) is 2.87. The Labute approximate surface area is 117 Å². The van der Waals surface area contributed by atoms with Crippen LogP contribution in [0, 0.1) is 0 Å². The van der Waals surface area contributed by atoms with Crippen molar-refractivity contribution in [2.45, 2.75) is 32.4 Å². The zero-order chi connectivity index (χ0) is 14.3. The van der Waals surface area contributed by atoms with Crippen molar-refractivity contribution in [3.63, 3.8) is 0 Å². The molecule has 2 unspecified atom stereocenters. The first-order valence-corrected chi connectivity index (χ1v) is 8.11. The molecule has 0 bridgehead atoms. The number of carbonyl (C=O) groups is 1. The number of nitrogens with one attached hydrogen (secondary N) is 1. The predicted octanol–water partition coefficient (Wildman–Crippen LogP) is 0.961. The highest BCUT2D eigenvalue weighted by molar-refractivity contribution is 7.84. The molecule has 1 aromatic rings. The number of hydrogen-bond donors (Lipinski definition) is 2. The third kappa shape index (κ3) is 6.50. The Morgan fingerprint density at radius 1 is 1.32 bits per heavy atom. The van der Waals surface area contributed by atoms with Crippen molar-refractivity contribution in [3.05, 3.63) is 35.4 Å². The summed E-state index contributed by atoms with van der Waals surface area (Å²) in [5.41, 5.74) is 7.55. The van der Waals surface area contributed by atoms with Gasteiger partial charge in [-0.2, -0.15) is 0 Å². The molecule has 1 amide bonds. The number of carbonyl (C=O) groups excluding carboxylic acids is 1. The Kier molecular flexibility index (Phi) is 6.73. The summed E-state index contributed by atoms with van der Waals surface area (Å²) in [6.45, 7) is 2.44. The zero-order valence-corrected chi connectivity index (χ0v) is 12.3. The van der Waals surface area contributed by atoms with Gasteiger partial charge in [-0.05, 0) is 24.5 Å². The van der Waals surface area contributed by atoms with E-state index in [-0.39, 0.29) is 11.9 Å². The van der Waals surface area contributed by atoms with Crippen molar-refractivity contribution in [2.75, 3.05) is 12.0 Å². The van der Waals surface area contributed by atoms with Crippen LogP contribution in [0.25, 0.3) is 0 Å². The van der Waals surface area contributed by atoms with Crippen LogP contribution in [0.4, 0.5) is 0 Å². The molecule has 0 spiro atoms. The summed E-state index contributed by atoms with van der Waals surface area (Å²) in [6.07, 6.45) is 2.78. The lowest BCUT2D eigenvalue weighted by molar-refractivity contribution is -0.121. The molecule has 5 heteroatoms. The fraction of sp³-hybridized carbons (Fsp3) is 0.500. The van der Waals surface area contributed by atoms with Gasteiger partial charge in [0.15, 0.2) is 0 Å². The molecule has 0 radical (unpaired) electrons. The van der Waals surface area contributed by atoms with E-state index in [4.69, 9.17) is 5.73 Å². The minimum atomic E-state index is -0.806. The Hall–Kier alpha value is -1.20. The summed E-state index contributed by atoms with van der Waals surface area (Å²) in [5.74, 6) is 0.613. The van der Waals surface area contributed by atoms with Gasteiger partial charge in [0, 0.05) is 35.4 Å². The first kappa shape index (κ1) is 15.9. The monoisotopic (exact) mass is 282 g/mol. The average molecular weight is 282 g/mol. The molecule has 0 heterocycles. The first-order chi connectivity index (χ1) is 9.01. The third-order valence-corrected chi connectivity index (χ3v) is 3.68. The Bertz CT molecular complexity index is 432. The first-order valence-electron chi connectivity index (χ1n) is 6.38. The molecule has 0 aromatic heterocycles. The number of amides is 1. The van der Waals surface area contributed by atoms with E-state index in [0.717, 1.165) is 17.5 Å². The second-order valence-electron chi connectivity index (χ2n) is 4.73. The standard InChI is InChI=1S/C14H22N2O2S/c1-11(7-8-19(2)18)16-14(17)9-12-3-5-13(10-15)6-4-12/h3-6,11H,7-10,15H2,1-2H3,(H,16,17). The summed E-state index contributed by atoms with van der Waals surface area (Å²) in [7, 11) is -0.806. The van der Waals surface area contributed by atoms with Gasteiger partial charge in [0.25, 0.3) is 0 Å². The lowest BCUT2D eigenvalue weighted by Gasteiger charge is -2.13. The SMILES string of the molecule is CC(CCS(C)=O)NC(=O)Cc1ccc(CN)cc1. The Balaban J connectivity index is 2.39. The van der Waals surface area contributed by atoms with Crippen LogP contribution < -0.4 is 11.1 Å². The minimum Gasteiger partial charge on any atom is -0.353 e. The predicted molar refractivity (Wildman–Crippen MR) is 79.2 cm³/mol. The fourth-order valence-corrected chi connectivity index (χ4v) is 2.40. The topological polar surface area (TPSA) is 72.2 Å². The van der Waals surface area contributed by atoms with E-state index in [0.29, 0.717) is 18.7 Å². The highest BCUT2D eigenvalue weighted by Crippen LogP contribution is 2.05. The van der Waals surface area contributed by atoms with Gasteiger partial charge in [0.1, 0.15) is 0 Å². The minimum absolute atomic E-state index is 0.00474. The quantitative estimate of drug-likeness (QED) is 0.782. The second-order valence-corrected chi connectivity index (χ2v) is 6.29. The van der Waals surface area contributed by atoms with Crippen LogP contribution in [0.15, 0.2) is 24.3 Å². The van der Waals surface area contributed by atoms with E-state index in [1.165, 1.54) is 0 Å². The zero-order valence-electron chi connectivity index (χ0n) is 11.5. The van der Waals surface area contributed by atoms with Crippen molar-refractivity contribution in [3.8, 4) is 0 Å². The van der Waals surface area contributed by atoms with E-state index in [1.807, 2.05) is 31.2 Å². The van der Waals surface area contributed by atoms with Gasteiger partial charge in [0.05, 0.1) is 6.42 Å². The van der Waals surface area contributed by atoms with Crippen LogP contribution in [0.1, 0.15) is 24.5 Å². The number of rotatable bonds is 7. The van der Waals surface area contributed by atoms with Crippen LogP contribution in [0.2, 0.25) is 0 Å².